The molecule has 8 heteroatoms. The zero-order valence-electron chi connectivity index (χ0n) is 19.6. The van der Waals surface area contributed by atoms with Crippen molar-refractivity contribution < 1.29 is 24.2 Å². The first kappa shape index (κ1) is 24.8. The minimum atomic E-state index is -0.996. The van der Waals surface area contributed by atoms with Gasteiger partial charge in [-0.1, -0.05) is 39.7 Å². The van der Waals surface area contributed by atoms with Gasteiger partial charge in [-0.15, -0.1) is 0 Å². The summed E-state index contributed by atoms with van der Waals surface area (Å²) in [5.74, 6) is -1.18. The number of Topliss-reactive ketones (excluding diaryl/α,β-unsaturated/α-hetero) is 2. The van der Waals surface area contributed by atoms with Crippen LogP contribution in [0.1, 0.15) is 55.6 Å². The quantitative estimate of drug-likeness (QED) is 0.447. The van der Waals surface area contributed by atoms with Crippen molar-refractivity contribution in [2.45, 2.75) is 51.0 Å². The molecule has 0 bridgehead atoms. The van der Waals surface area contributed by atoms with Crippen molar-refractivity contribution in [3.05, 3.63) is 85.6 Å². The maximum atomic E-state index is 13.4. The Kier molecular flexibility index (Phi) is 7.04. The van der Waals surface area contributed by atoms with Crippen LogP contribution in [0.2, 0.25) is 5.02 Å². The summed E-state index contributed by atoms with van der Waals surface area (Å²) in [6.45, 7) is 0.0346. The molecule has 0 fully saturated rings. The summed E-state index contributed by atoms with van der Waals surface area (Å²) < 4.78 is 7.21. The van der Waals surface area contributed by atoms with Gasteiger partial charge >= 0.3 is 5.97 Å². The highest BCUT2D eigenvalue weighted by Crippen LogP contribution is 2.51. The first-order chi connectivity index (χ1) is 17.3. The molecule has 1 aliphatic heterocycles. The third kappa shape index (κ3) is 4.74. The van der Waals surface area contributed by atoms with E-state index in [1.165, 1.54) is 0 Å². The second-order valence-corrected chi connectivity index (χ2v) is 10.6. The number of ketones is 2. The summed E-state index contributed by atoms with van der Waals surface area (Å²) in [7, 11) is 0. The molecule has 0 aromatic heterocycles. The van der Waals surface area contributed by atoms with Crippen molar-refractivity contribution in [1.29, 1.82) is 0 Å². The minimum absolute atomic E-state index is 0.0552. The highest BCUT2D eigenvalue weighted by atomic mass is 79.9. The fraction of sp³-hybridized carbons (Fsp3) is 0.321. The van der Waals surface area contributed by atoms with Gasteiger partial charge < -0.3 is 14.7 Å². The average Bonchev–Trinajstić information content (AvgIpc) is 2.85. The maximum absolute atomic E-state index is 13.4. The van der Waals surface area contributed by atoms with Crippen LogP contribution >= 0.6 is 27.5 Å². The summed E-state index contributed by atoms with van der Waals surface area (Å²) in [6, 6.07) is 13.1. The van der Waals surface area contributed by atoms with Crippen LogP contribution in [0.15, 0.2) is 69.5 Å². The van der Waals surface area contributed by atoms with Crippen LogP contribution in [0.25, 0.3) is 0 Å². The van der Waals surface area contributed by atoms with Gasteiger partial charge in [0.2, 0.25) is 0 Å². The Morgan fingerprint density at radius 1 is 0.972 bits per heavy atom. The van der Waals surface area contributed by atoms with E-state index in [1.54, 1.807) is 23.1 Å². The zero-order chi connectivity index (χ0) is 25.4. The van der Waals surface area contributed by atoms with Crippen molar-refractivity contribution in [3.63, 3.8) is 0 Å². The molecule has 0 unspecified atom stereocenters. The number of carbonyl (C=O) groups is 3. The van der Waals surface area contributed by atoms with Crippen LogP contribution in [-0.2, 0) is 21.0 Å². The number of halogens is 2. The average molecular weight is 571 g/mol. The SMILES string of the molecule is O=C(O)CN1C2=C(C(=O)CCC2)C(c2cc(Cl)ccc2OCc2ccc(Br)cc2)C2=C1CCCC2=O. The first-order valence-corrected chi connectivity index (χ1v) is 13.2. The minimum Gasteiger partial charge on any atom is -0.489 e. The lowest BCUT2D eigenvalue weighted by Crippen LogP contribution is -2.41. The monoisotopic (exact) mass is 569 g/mol. The smallest absolute Gasteiger partial charge is 0.323 e. The van der Waals surface area contributed by atoms with Gasteiger partial charge in [0.05, 0.1) is 0 Å². The fourth-order valence-electron chi connectivity index (χ4n) is 5.47. The Morgan fingerprint density at radius 2 is 1.58 bits per heavy atom. The molecule has 5 rings (SSSR count). The number of hydrogen-bond donors (Lipinski definition) is 1. The number of ether oxygens (including phenoxy) is 1. The van der Waals surface area contributed by atoms with Crippen LogP contribution in [0.4, 0.5) is 0 Å². The Bertz CT molecular complexity index is 1270. The Balaban J connectivity index is 1.65. The number of benzene rings is 2. The number of carboxylic acids is 1. The molecule has 186 valence electrons. The number of rotatable bonds is 6. The van der Waals surface area contributed by atoms with E-state index in [-0.39, 0.29) is 18.1 Å². The number of carbonyl (C=O) groups excluding carboxylic acids is 2. The van der Waals surface area contributed by atoms with Crippen LogP contribution < -0.4 is 4.74 Å². The highest BCUT2D eigenvalue weighted by Gasteiger charge is 2.44. The number of nitrogens with zero attached hydrogens (tertiary/aromatic N) is 1. The number of allylic oxidation sites excluding steroid dienone is 4. The van der Waals surface area contributed by atoms with E-state index < -0.39 is 11.9 Å². The first-order valence-electron chi connectivity index (χ1n) is 12.0. The van der Waals surface area contributed by atoms with Crippen molar-refractivity contribution in [2.24, 2.45) is 0 Å². The molecule has 6 nitrogen and oxygen atoms in total. The van der Waals surface area contributed by atoms with Gasteiger partial charge in [0.15, 0.2) is 11.6 Å². The van der Waals surface area contributed by atoms with E-state index in [1.807, 2.05) is 24.3 Å². The highest BCUT2D eigenvalue weighted by molar-refractivity contribution is 9.10. The second-order valence-electron chi connectivity index (χ2n) is 9.28. The van der Waals surface area contributed by atoms with Gasteiger partial charge in [0.1, 0.15) is 18.9 Å². The van der Waals surface area contributed by atoms with E-state index >= 15 is 0 Å². The molecule has 1 heterocycles. The molecule has 0 saturated carbocycles. The third-order valence-electron chi connectivity index (χ3n) is 6.97. The predicted octanol–water partition coefficient (Wildman–Crippen LogP) is 6.18. The number of carboxylic acid groups (broad SMARTS) is 1. The molecule has 0 amide bonds. The molecular weight excluding hydrogens is 546 g/mol. The van der Waals surface area contributed by atoms with Gasteiger partial charge in [-0.2, -0.15) is 0 Å². The molecule has 2 aromatic carbocycles. The van der Waals surface area contributed by atoms with Crippen LogP contribution in [0.3, 0.4) is 0 Å². The van der Waals surface area contributed by atoms with Gasteiger partial charge in [0.25, 0.3) is 0 Å². The Morgan fingerprint density at radius 3 is 2.17 bits per heavy atom. The van der Waals surface area contributed by atoms with Crippen LogP contribution in [-0.4, -0.2) is 34.1 Å². The van der Waals surface area contributed by atoms with Crippen molar-refractivity contribution in [1.82, 2.24) is 4.90 Å². The molecule has 0 radical (unpaired) electrons. The molecule has 36 heavy (non-hydrogen) atoms. The fourth-order valence-corrected chi connectivity index (χ4v) is 5.92. The van der Waals surface area contributed by atoms with Gasteiger partial charge in [0, 0.05) is 56.4 Å². The predicted molar refractivity (Wildman–Crippen MR) is 139 cm³/mol. The van der Waals surface area contributed by atoms with Gasteiger partial charge in [-0.3, -0.25) is 14.4 Å². The van der Waals surface area contributed by atoms with Gasteiger partial charge in [-0.05, 0) is 61.6 Å². The summed E-state index contributed by atoms with van der Waals surface area (Å²) in [5, 5.41) is 10.1. The summed E-state index contributed by atoms with van der Waals surface area (Å²) in [5.41, 5.74) is 4.08. The normalized spacial score (nSPS) is 18.3. The summed E-state index contributed by atoms with van der Waals surface area (Å²) in [4.78, 5) is 40.3. The van der Waals surface area contributed by atoms with E-state index in [0.717, 1.165) is 10.0 Å². The molecule has 1 N–H and O–H groups in total. The standard InChI is InChI=1S/C28H25BrClNO5/c29-17-9-7-16(8-10-17)15-36-24-12-11-18(30)13-19(24)26-27-20(3-1-5-22(27)32)31(14-25(34)35)21-4-2-6-23(33)28(21)26/h7-13,26H,1-6,14-15H2,(H,34,35). The molecule has 2 aliphatic carbocycles. The largest absolute Gasteiger partial charge is 0.489 e. The lowest BCUT2D eigenvalue weighted by molar-refractivity contribution is -0.138. The number of hydrogen-bond acceptors (Lipinski definition) is 5. The molecule has 0 atom stereocenters. The second kappa shape index (κ2) is 10.2. The van der Waals surface area contributed by atoms with E-state index in [4.69, 9.17) is 16.3 Å². The molecule has 0 saturated heterocycles. The molecule has 0 spiro atoms. The molecule has 3 aliphatic rings. The van der Waals surface area contributed by atoms with E-state index in [2.05, 4.69) is 15.9 Å². The van der Waals surface area contributed by atoms with Crippen LogP contribution in [0, 0.1) is 0 Å². The Labute approximate surface area is 222 Å². The van der Waals surface area contributed by atoms with Crippen molar-refractivity contribution in [2.75, 3.05) is 6.54 Å². The number of aliphatic carboxylic acids is 1. The van der Waals surface area contributed by atoms with E-state index in [0.29, 0.717) is 84.0 Å². The van der Waals surface area contributed by atoms with Crippen molar-refractivity contribution >= 4 is 45.1 Å². The lowest BCUT2D eigenvalue weighted by Gasteiger charge is -2.43. The zero-order valence-corrected chi connectivity index (χ0v) is 21.9. The summed E-state index contributed by atoms with van der Waals surface area (Å²) >= 11 is 9.88. The molecule has 2 aromatic rings. The topological polar surface area (TPSA) is 83.9 Å². The van der Waals surface area contributed by atoms with Crippen molar-refractivity contribution in [3.8, 4) is 5.75 Å². The van der Waals surface area contributed by atoms with Gasteiger partial charge in [-0.25, -0.2) is 0 Å². The molecular formula is C28H25BrClNO5. The third-order valence-corrected chi connectivity index (χ3v) is 7.73. The lowest BCUT2D eigenvalue weighted by atomic mass is 9.70. The maximum Gasteiger partial charge on any atom is 0.323 e. The summed E-state index contributed by atoms with van der Waals surface area (Å²) in [6.07, 6.45) is 3.21. The van der Waals surface area contributed by atoms with E-state index in [9.17, 15) is 19.5 Å². The Hall–Kier alpha value is -2.90. The van der Waals surface area contributed by atoms with Crippen LogP contribution in [0.5, 0.6) is 5.75 Å².